The Bertz CT molecular complexity index is 457. The van der Waals surface area contributed by atoms with Crippen LogP contribution in [0.2, 0.25) is 0 Å². The standard InChI is InChI=1S/C15H19BrFNO/c1-10(11-4-3-7-18-9-11)8-14(19)12-5-2-6-13(16)15(12)17/h2,5-6,10-11,18H,3-4,7-9H2,1H3. The summed E-state index contributed by atoms with van der Waals surface area (Å²) < 4.78 is 14.2. The number of Topliss-reactive ketones (excluding diaryl/α,β-unsaturated/α-hetero) is 1. The Kier molecular flexibility index (Phi) is 5.11. The zero-order valence-electron chi connectivity index (χ0n) is 11.1. The first-order chi connectivity index (χ1) is 9.09. The Morgan fingerprint density at radius 1 is 1.58 bits per heavy atom. The molecule has 0 aliphatic carbocycles. The number of rotatable bonds is 4. The summed E-state index contributed by atoms with van der Waals surface area (Å²) in [5.41, 5.74) is 0.199. The Morgan fingerprint density at radius 2 is 2.37 bits per heavy atom. The zero-order chi connectivity index (χ0) is 13.8. The van der Waals surface area contributed by atoms with E-state index in [1.807, 2.05) is 0 Å². The first-order valence-electron chi connectivity index (χ1n) is 6.77. The average molecular weight is 328 g/mol. The van der Waals surface area contributed by atoms with Gasteiger partial charge in [0, 0.05) is 6.42 Å². The van der Waals surface area contributed by atoms with Crippen molar-refractivity contribution in [1.29, 1.82) is 0 Å². The van der Waals surface area contributed by atoms with Crippen LogP contribution in [0.25, 0.3) is 0 Å². The number of hydrogen-bond donors (Lipinski definition) is 1. The largest absolute Gasteiger partial charge is 0.316 e. The van der Waals surface area contributed by atoms with Crippen LogP contribution in [-0.2, 0) is 0 Å². The fraction of sp³-hybridized carbons (Fsp3) is 0.533. The molecule has 1 aliphatic rings. The van der Waals surface area contributed by atoms with Gasteiger partial charge in [-0.05, 0) is 65.8 Å². The number of nitrogens with one attached hydrogen (secondary N) is 1. The molecule has 19 heavy (non-hydrogen) atoms. The lowest BCUT2D eigenvalue weighted by Gasteiger charge is -2.28. The van der Waals surface area contributed by atoms with Crippen LogP contribution in [0.5, 0.6) is 0 Å². The van der Waals surface area contributed by atoms with E-state index in [1.54, 1.807) is 18.2 Å². The second-order valence-electron chi connectivity index (χ2n) is 5.31. The molecule has 0 amide bonds. The maximum absolute atomic E-state index is 13.9. The molecule has 4 heteroatoms. The molecule has 2 rings (SSSR count). The minimum atomic E-state index is -0.443. The molecule has 1 N–H and O–H groups in total. The SMILES string of the molecule is CC(CC(=O)c1cccc(Br)c1F)C1CCCNC1. The third-order valence-corrected chi connectivity index (χ3v) is 4.51. The topological polar surface area (TPSA) is 29.1 Å². The number of carbonyl (C=O) groups is 1. The Labute approximate surface area is 121 Å². The number of carbonyl (C=O) groups excluding carboxylic acids is 1. The normalized spacial score (nSPS) is 21.1. The monoisotopic (exact) mass is 327 g/mol. The van der Waals surface area contributed by atoms with Crippen molar-refractivity contribution in [1.82, 2.24) is 5.32 Å². The van der Waals surface area contributed by atoms with E-state index in [0.717, 1.165) is 25.9 Å². The molecular formula is C15H19BrFNO. The summed E-state index contributed by atoms with van der Waals surface area (Å²) in [6.45, 7) is 4.12. The summed E-state index contributed by atoms with van der Waals surface area (Å²) in [4.78, 5) is 12.2. The van der Waals surface area contributed by atoms with E-state index in [2.05, 4.69) is 28.2 Å². The van der Waals surface area contributed by atoms with Gasteiger partial charge in [-0.3, -0.25) is 4.79 Å². The van der Waals surface area contributed by atoms with Crippen LogP contribution >= 0.6 is 15.9 Å². The highest BCUT2D eigenvalue weighted by Crippen LogP contribution is 2.26. The molecule has 104 valence electrons. The summed E-state index contributed by atoms with van der Waals surface area (Å²) in [7, 11) is 0. The smallest absolute Gasteiger partial charge is 0.166 e. The number of hydrogen-bond acceptors (Lipinski definition) is 2. The minimum absolute atomic E-state index is 0.100. The summed E-state index contributed by atoms with van der Waals surface area (Å²) in [6.07, 6.45) is 2.73. The fourth-order valence-electron chi connectivity index (χ4n) is 2.65. The van der Waals surface area contributed by atoms with Crippen molar-refractivity contribution in [2.75, 3.05) is 13.1 Å². The molecule has 1 aromatic rings. The van der Waals surface area contributed by atoms with Crippen molar-refractivity contribution in [2.24, 2.45) is 11.8 Å². The third-order valence-electron chi connectivity index (χ3n) is 3.90. The van der Waals surface area contributed by atoms with E-state index < -0.39 is 5.82 Å². The van der Waals surface area contributed by atoms with Gasteiger partial charge in [0.2, 0.25) is 0 Å². The molecule has 0 saturated carbocycles. The van der Waals surface area contributed by atoms with Crippen molar-refractivity contribution >= 4 is 21.7 Å². The number of ketones is 1. The van der Waals surface area contributed by atoms with Crippen LogP contribution < -0.4 is 5.32 Å². The van der Waals surface area contributed by atoms with Gasteiger partial charge in [0.15, 0.2) is 5.78 Å². The van der Waals surface area contributed by atoms with Crippen molar-refractivity contribution in [3.05, 3.63) is 34.1 Å². The van der Waals surface area contributed by atoms with Crippen LogP contribution in [0.15, 0.2) is 22.7 Å². The highest BCUT2D eigenvalue weighted by atomic mass is 79.9. The number of halogens is 2. The first kappa shape index (κ1) is 14.7. The lowest BCUT2D eigenvalue weighted by molar-refractivity contribution is 0.0939. The molecule has 0 aromatic heterocycles. The van der Waals surface area contributed by atoms with Gasteiger partial charge < -0.3 is 5.32 Å². The zero-order valence-corrected chi connectivity index (χ0v) is 12.7. The van der Waals surface area contributed by atoms with E-state index in [1.165, 1.54) is 0 Å². The highest BCUT2D eigenvalue weighted by molar-refractivity contribution is 9.10. The predicted molar refractivity (Wildman–Crippen MR) is 77.8 cm³/mol. The molecule has 1 fully saturated rings. The number of benzene rings is 1. The lowest BCUT2D eigenvalue weighted by atomic mass is 9.83. The summed E-state index contributed by atoms with van der Waals surface area (Å²) >= 11 is 3.12. The van der Waals surface area contributed by atoms with Crippen LogP contribution in [0.4, 0.5) is 4.39 Å². The number of piperidine rings is 1. The highest BCUT2D eigenvalue weighted by Gasteiger charge is 2.23. The molecule has 1 saturated heterocycles. The van der Waals surface area contributed by atoms with E-state index >= 15 is 0 Å². The van der Waals surface area contributed by atoms with Crippen molar-refractivity contribution in [3.8, 4) is 0 Å². The maximum atomic E-state index is 13.9. The minimum Gasteiger partial charge on any atom is -0.316 e. The molecule has 0 bridgehead atoms. The lowest BCUT2D eigenvalue weighted by Crippen LogP contribution is -2.34. The van der Waals surface area contributed by atoms with Gasteiger partial charge in [0.05, 0.1) is 10.0 Å². The molecule has 1 heterocycles. The molecule has 2 unspecified atom stereocenters. The molecule has 0 radical (unpaired) electrons. The van der Waals surface area contributed by atoms with Crippen LogP contribution in [0.1, 0.15) is 36.5 Å². The van der Waals surface area contributed by atoms with Gasteiger partial charge in [0.25, 0.3) is 0 Å². The van der Waals surface area contributed by atoms with E-state index in [9.17, 15) is 9.18 Å². The van der Waals surface area contributed by atoms with Crippen molar-refractivity contribution < 1.29 is 9.18 Å². The second-order valence-corrected chi connectivity index (χ2v) is 6.17. The Balaban J connectivity index is 2.02. The molecule has 1 aliphatic heterocycles. The summed E-state index contributed by atoms with van der Waals surface area (Å²) in [5.74, 6) is 0.268. The van der Waals surface area contributed by atoms with Gasteiger partial charge in [0.1, 0.15) is 5.82 Å². The van der Waals surface area contributed by atoms with E-state index in [0.29, 0.717) is 22.7 Å². The maximum Gasteiger partial charge on any atom is 0.166 e. The van der Waals surface area contributed by atoms with Gasteiger partial charge in [-0.2, -0.15) is 0 Å². The fourth-order valence-corrected chi connectivity index (χ4v) is 3.02. The van der Waals surface area contributed by atoms with E-state index in [4.69, 9.17) is 0 Å². The van der Waals surface area contributed by atoms with Crippen LogP contribution in [0.3, 0.4) is 0 Å². The van der Waals surface area contributed by atoms with E-state index in [-0.39, 0.29) is 11.3 Å². The van der Waals surface area contributed by atoms with Crippen molar-refractivity contribution in [3.63, 3.8) is 0 Å². The molecule has 2 nitrogen and oxygen atoms in total. The van der Waals surface area contributed by atoms with Crippen LogP contribution in [0, 0.1) is 17.7 Å². The third kappa shape index (κ3) is 3.63. The Morgan fingerprint density at radius 3 is 3.05 bits per heavy atom. The molecule has 2 atom stereocenters. The van der Waals surface area contributed by atoms with Crippen LogP contribution in [-0.4, -0.2) is 18.9 Å². The van der Waals surface area contributed by atoms with Gasteiger partial charge >= 0.3 is 0 Å². The first-order valence-corrected chi connectivity index (χ1v) is 7.57. The van der Waals surface area contributed by atoms with Gasteiger partial charge in [-0.15, -0.1) is 0 Å². The summed E-state index contributed by atoms with van der Waals surface area (Å²) in [6, 6.07) is 4.88. The Hall–Kier alpha value is -0.740. The van der Waals surface area contributed by atoms with Crippen molar-refractivity contribution in [2.45, 2.75) is 26.2 Å². The summed E-state index contributed by atoms with van der Waals surface area (Å²) in [5, 5.41) is 3.36. The van der Waals surface area contributed by atoms with Gasteiger partial charge in [-0.25, -0.2) is 4.39 Å². The average Bonchev–Trinajstić information content (AvgIpc) is 2.42. The van der Waals surface area contributed by atoms with Gasteiger partial charge in [-0.1, -0.05) is 13.0 Å². The molecule has 0 spiro atoms. The molecule has 1 aromatic carbocycles. The predicted octanol–water partition coefficient (Wildman–Crippen LogP) is 3.80. The molecular weight excluding hydrogens is 309 g/mol. The second kappa shape index (κ2) is 6.62. The quantitative estimate of drug-likeness (QED) is 0.852.